The van der Waals surface area contributed by atoms with Gasteiger partial charge in [-0.15, -0.1) is 0 Å². The molecular weight excluding hydrogens is 272 g/mol. The number of nitrogens with one attached hydrogen (secondary N) is 1. The van der Waals surface area contributed by atoms with Crippen LogP contribution in [0.4, 0.5) is 0 Å². The summed E-state index contributed by atoms with van der Waals surface area (Å²) in [5.74, 6) is -0.322. The highest BCUT2D eigenvalue weighted by molar-refractivity contribution is 5.75. The highest BCUT2D eigenvalue weighted by atomic mass is 16.3. The van der Waals surface area contributed by atoms with Crippen molar-refractivity contribution in [3.05, 3.63) is 0 Å². The van der Waals surface area contributed by atoms with E-state index in [-0.39, 0.29) is 18.6 Å². The van der Waals surface area contributed by atoms with Gasteiger partial charge >= 0.3 is 0 Å². The van der Waals surface area contributed by atoms with Gasteiger partial charge in [-0.25, -0.2) is 0 Å². The van der Waals surface area contributed by atoms with Gasteiger partial charge in [-0.1, -0.05) is 6.92 Å². The van der Waals surface area contributed by atoms with E-state index in [2.05, 4.69) is 10.2 Å². The number of aliphatic hydroxyl groups is 2. The Kier molecular flexibility index (Phi) is 11.5. The predicted molar refractivity (Wildman–Crippen MR) is 84.0 cm³/mol. The third-order valence-corrected chi connectivity index (χ3v) is 3.13. The SMILES string of the molecule is CCN(CCN(CCNC[C@H](C)O)C[C@H](C)O)CC(N)=O. The maximum Gasteiger partial charge on any atom is 0.231 e. The van der Waals surface area contributed by atoms with E-state index in [0.29, 0.717) is 13.1 Å². The van der Waals surface area contributed by atoms with Crippen molar-refractivity contribution in [1.29, 1.82) is 0 Å². The molecule has 0 heterocycles. The summed E-state index contributed by atoms with van der Waals surface area (Å²) in [7, 11) is 0. The van der Waals surface area contributed by atoms with Gasteiger partial charge in [0.2, 0.25) is 5.91 Å². The molecule has 0 bridgehead atoms. The van der Waals surface area contributed by atoms with Crippen LogP contribution in [0.5, 0.6) is 0 Å². The van der Waals surface area contributed by atoms with Crippen molar-refractivity contribution in [2.75, 3.05) is 52.4 Å². The first-order chi connectivity index (χ1) is 9.85. The maximum atomic E-state index is 11.0. The van der Waals surface area contributed by atoms with Crippen LogP contribution in [-0.4, -0.2) is 90.5 Å². The van der Waals surface area contributed by atoms with E-state index >= 15 is 0 Å². The van der Waals surface area contributed by atoms with Gasteiger partial charge in [0.1, 0.15) is 0 Å². The van der Waals surface area contributed by atoms with Crippen molar-refractivity contribution in [3.63, 3.8) is 0 Å². The number of carbonyl (C=O) groups excluding carboxylic acids is 1. The lowest BCUT2D eigenvalue weighted by atomic mass is 10.3. The molecule has 0 spiro atoms. The van der Waals surface area contributed by atoms with Crippen LogP contribution in [0.3, 0.4) is 0 Å². The molecule has 0 aromatic heterocycles. The Balaban J connectivity index is 4.12. The molecule has 0 unspecified atom stereocenters. The van der Waals surface area contributed by atoms with E-state index in [4.69, 9.17) is 5.73 Å². The van der Waals surface area contributed by atoms with Crippen molar-refractivity contribution in [2.45, 2.75) is 33.0 Å². The quantitative estimate of drug-likeness (QED) is 0.307. The molecule has 0 aliphatic carbocycles. The molecule has 126 valence electrons. The van der Waals surface area contributed by atoms with Crippen LogP contribution in [-0.2, 0) is 4.79 Å². The monoisotopic (exact) mass is 304 g/mol. The third kappa shape index (κ3) is 12.7. The number of primary amides is 1. The Morgan fingerprint density at radius 3 is 2.24 bits per heavy atom. The summed E-state index contributed by atoms with van der Waals surface area (Å²) in [4.78, 5) is 15.1. The second-order valence-electron chi connectivity index (χ2n) is 5.54. The van der Waals surface area contributed by atoms with E-state index in [1.54, 1.807) is 13.8 Å². The third-order valence-electron chi connectivity index (χ3n) is 3.13. The minimum atomic E-state index is -0.395. The van der Waals surface area contributed by atoms with Gasteiger partial charge in [0.25, 0.3) is 0 Å². The van der Waals surface area contributed by atoms with E-state index in [1.807, 2.05) is 11.8 Å². The summed E-state index contributed by atoms with van der Waals surface area (Å²) in [5.41, 5.74) is 5.21. The topological polar surface area (TPSA) is 102 Å². The van der Waals surface area contributed by atoms with Crippen LogP contribution in [0.25, 0.3) is 0 Å². The van der Waals surface area contributed by atoms with Crippen LogP contribution in [0.15, 0.2) is 0 Å². The zero-order chi connectivity index (χ0) is 16.3. The van der Waals surface area contributed by atoms with E-state index < -0.39 is 6.10 Å². The molecule has 7 heteroatoms. The lowest BCUT2D eigenvalue weighted by Crippen LogP contribution is -2.43. The number of nitrogens with two attached hydrogens (primary N) is 1. The first-order valence-corrected chi connectivity index (χ1v) is 7.65. The van der Waals surface area contributed by atoms with E-state index in [9.17, 15) is 15.0 Å². The summed E-state index contributed by atoms with van der Waals surface area (Å²) in [5, 5.41) is 21.9. The molecule has 1 amide bonds. The molecule has 2 atom stereocenters. The van der Waals surface area contributed by atoms with Crippen molar-refractivity contribution in [3.8, 4) is 0 Å². The zero-order valence-electron chi connectivity index (χ0n) is 13.6. The normalized spacial score (nSPS) is 14.6. The molecule has 7 nitrogen and oxygen atoms in total. The molecule has 0 aliphatic rings. The predicted octanol–water partition coefficient (Wildman–Crippen LogP) is -1.55. The Morgan fingerprint density at radius 2 is 1.76 bits per heavy atom. The minimum Gasteiger partial charge on any atom is -0.392 e. The number of aliphatic hydroxyl groups excluding tert-OH is 2. The second kappa shape index (κ2) is 11.9. The summed E-state index contributed by atoms with van der Waals surface area (Å²) in [6.45, 7) is 10.7. The number of hydrogen-bond donors (Lipinski definition) is 4. The first kappa shape index (κ1) is 20.3. The van der Waals surface area contributed by atoms with Gasteiger partial charge < -0.3 is 21.3 Å². The van der Waals surface area contributed by atoms with E-state index in [0.717, 1.165) is 32.7 Å². The molecule has 0 aromatic carbocycles. The zero-order valence-corrected chi connectivity index (χ0v) is 13.6. The molecular formula is C14H32N4O3. The molecule has 0 radical (unpaired) electrons. The number of likely N-dealkylation sites (N-methyl/N-ethyl adjacent to an activating group) is 1. The van der Waals surface area contributed by atoms with Gasteiger partial charge in [0, 0.05) is 39.3 Å². The minimum absolute atomic E-state index is 0.263. The van der Waals surface area contributed by atoms with Gasteiger partial charge in [-0.05, 0) is 20.4 Å². The standard InChI is InChI=1S/C14H32N4O3/c1-4-17(11-14(15)21)7-8-18(10-13(3)20)6-5-16-9-12(2)19/h12-13,16,19-20H,4-11H2,1-3H3,(H2,15,21)/t12-,13-/m0/s1. The van der Waals surface area contributed by atoms with Crippen molar-refractivity contribution in [2.24, 2.45) is 5.73 Å². The van der Waals surface area contributed by atoms with Crippen LogP contribution >= 0.6 is 0 Å². The average Bonchev–Trinajstić information content (AvgIpc) is 2.37. The molecule has 21 heavy (non-hydrogen) atoms. The Hall–Kier alpha value is -0.730. The fourth-order valence-electron chi connectivity index (χ4n) is 2.07. The van der Waals surface area contributed by atoms with Crippen LogP contribution in [0, 0.1) is 0 Å². The number of hydrogen-bond acceptors (Lipinski definition) is 6. The molecule has 0 fully saturated rings. The summed E-state index contributed by atoms with van der Waals surface area (Å²) in [6, 6.07) is 0. The maximum absolute atomic E-state index is 11.0. The number of carbonyl (C=O) groups is 1. The Labute approximate surface area is 128 Å². The molecule has 0 saturated carbocycles. The highest BCUT2D eigenvalue weighted by Gasteiger charge is 2.11. The fourth-order valence-corrected chi connectivity index (χ4v) is 2.07. The Bertz CT molecular complexity index is 275. The molecule has 0 rings (SSSR count). The number of amides is 1. The van der Waals surface area contributed by atoms with Gasteiger partial charge in [0.05, 0.1) is 18.8 Å². The van der Waals surface area contributed by atoms with Gasteiger partial charge in [0.15, 0.2) is 0 Å². The largest absolute Gasteiger partial charge is 0.392 e. The smallest absolute Gasteiger partial charge is 0.231 e. The molecule has 5 N–H and O–H groups in total. The first-order valence-electron chi connectivity index (χ1n) is 7.65. The summed E-state index contributed by atoms with van der Waals surface area (Å²) in [6.07, 6.45) is -0.755. The van der Waals surface area contributed by atoms with Crippen LogP contribution < -0.4 is 11.1 Å². The highest BCUT2D eigenvalue weighted by Crippen LogP contribution is 1.95. The van der Waals surface area contributed by atoms with Crippen molar-refractivity contribution >= 4 is 5.91 Å². The lowest BCUT2D eigenvalue weighted by Gasteiger charge is -2.27. The van der Waals surface area contributed by atoms with Gasteiger partial charge in [-0.3, -0.25) is 14.6 Å². The second-order valence-corrected chi connectivity index (χ2v) is 5.54. The fraction of sp³-hybridized carbons (Fsp3) is 0.929. The van der Waals surface area contributed by atoms with Crippen molar-refractivity contribution in [1.82, 2.24) is 15.1 Å². The lowest BCUT2D eigenvalue weighted by molar-refractivity contribution is -0.119. The Morgan fingerprint density at radius 1 is 1.14 bits per heavy atom. The van der Waals surface area contributed by atoms with Crippen LogP contribution in [0.1, 0.15) is 20.8 Å². The average molecular weight is 304 g/mol. The van der Waals surface area contributed by atoms with Gasteiger partial charge in [-0.2, -0.15) is 0 Å². The summed E-state index contributed by atoms with van der Waals surface area (Å²) >= 11 is 0. The van der Waals surface area contributed by atoms with E-state index in [1.165, 1.54) is 0 Å². The van der Waals surface area contributed by atoms with Crippen LogP contribution in [0.2, 0.25) is 0 Å². The molecule has 0 aromatic rings. The molecule has 0 aliphatic heterocycles. The molecule has 0 saturated heterocycles. The summed E-state index contributed by atoms with van der Waals surface area (Å²) < 4.78 is 0. The van der Waals surface area contributed by atoms with Crippen molar-refractivity contribution < 1.29 is 15.0 Å². The number of nitrogens with zero attached hydrogens (tertiary/aromatic N) is 2. The number of rotatable bonds is 13.